The second-order valence-corrected chi connectivity index (χ2v) is 7.03. The van der Waals surface area contributed by atoms with Crippen LogP contribution in [0, 0.1) is 5.92 Å². The molecule has 21 heavy (non-hydrogen) atoms. The molecule has 0 radical (unpaired) electrons. The highest BCUT2D eigenvalue weighted by molar-refractivity contribution is 6.00. The molecule has 1 aliphatic carbocycles. The molecule has 0 fully saturated rings. The number of benzene rings is 2. The Balaban J connectivity index is 1.92. The predicted octanol–water partition coefficient (Wildman–Crippen LogP) is 4.58. The van der Waals surface area contributed by atoms with Crippen molar-refractivity contribution in [2.45, 2.75) is 39.0 Å². The third-order valence-electron chi connectivity index (χ3n) is 4.42. The summed E-state index contributed by atoms with van der Waals surface area (Å²) in [5.74, 6) is 0.405. The van der Waals surface area contributed by atoms with Gasteiger partial charge in [-0.1, -0.05) is 69.3 Å². The van der Waals surface area contributed by atoms with Crippen LogP contribution in [-0.2, 0) is 18.3 Å². The number of hydrogen-bond donors (Lipinski definition) is 0. The van der Waals surface area contributed by atoms with Gasteiger partial charge in [-0.25, -0.2) is 0 Å². The Morgan fingerprint density at radius 1 is 0.905 bits per heavy atom. The van der Waals surface area contributed by atoms with Crippen LogP contribution in [0.25, 0.3) is 0 Å². The van der Waals surface area contributed by atoms with Gasteiger partial charge in [0.25, 0.3) is 0 Å². The van der Waals surface area contributed by atoms with E-state index >= 15 is 0 Å². The third-order valence-corrected chi connectivity index (χ3v) is 4.42. The summed E-state index contributed by atoms with van der Waals surface area (Å²) in [5.41, 5.74) is 4.74. The van der Waals surface area contributed by atoms with Crippen LogP contribution in [0.15, 0.2) is 48.5 Å². The average Bonchev–Trinajstić information content (AvgIpc) is 2.89. The molecule has 0 unspecified atom stereocenters. The van der Waals surface area contributed by atoms with E-state index in [1.165, 1.54) is 11.1 Å². The van der Waals surface area contributed by atoms with E-state index in [1.807, 2.05) is 18.2 Å². The summed E-state index contributed by atoms with van der Waals surface area (Å²) in [4.78, 5) is 13.0. The van der Waals surface area contributed by atoms with E-state index < -0.39 is 0 Å². The molecule has 3 rings (SSSR count). The Hall–Kier alpha value is -1.89. The molecule has 2 aromatic rings. The van der Waals surface area contributed by atoms with Gasteiger partial charge in [0.1, 0.15) is 0 Å². The predicted molar refractivity (Wildman–Crippen MR) is 86.8 cm³/mol. The van der Waals surface area contributed by atoms with Crippen molar-refractivity contribution < 1.29 is 4.79 Å². The number of carbonyl (C=O) groups excluding carboxylic acids is 1. The molecular formula is C20H22O. The molecule has 0 aromatic heterocycles. The van der Waals surface area contributed by atoms with Crippen LogP contribution in [0.5, 0.6) is 0 Å². The molecule has 0 saturated heterocycles. The molecule has 1 nitrogen and oxygen atoms in total. The van der Waals surface area contributed by atoms with Crippen LogP contribution in [0.3, 0.4) is 0 Å². The van der Waals surface area contributed by atoms with Gasteiger partial charge in [0.05, 0.1) is 0 Å². The van der Waals surface area contributed by atoms with E-state index in [2.05, 4.69) is 51.1 Å². The van der Waals surface area contributed by atoms with Crippen molar-refractivity contribution in [3.63, 3.8) is 0 Å². The largest absolute Gasteiger partial charge is 0.294 e. The Labute approximate surface area is 127 Å². The lowest BCUT2D eigenvalue weighted by molar-refractivity contribution is 0.0922. The summed E-state index contributed by atoms with van der Waals surface area (Å²) in [5, 5.41) is 0. The van der Waals surface area contributed by atoms with Crippen molar-refractivity contribution in [2.75, 3.05) is 0 Å². The maximum atomic E-state index is 13.0. The molecule has 0 bridgehead atoms. The van der Waals surface area contributed by atoms with Crippen molar-refractivity contribution in [3.05, 3.63) is 70.8 Å². The van der Waals surface area contributed by atoms with E-state index in [1.54, 1.807) is 0 Å². The molecule has 0 N–H and O–H groups in total. The number of hydrogen-bond acceptors (Lipinski definition) is 1. The number of Topliss-reactive ketones (excluding diaryl/α,β-unsaturated/α-hetero) is 1. The van der Waals surface area contributed by atoms with Gasteiger partial charge < -0.3 is 0 Å². The lowest BCUT2D eigenvalue weighted by Gasteiger charge is -2.23. The van der Waals surface area contributed by atoms with Gasteiger partial charge in [-0.15, -0.1) is 0 Å². The first-order valence-electron chi connectivity index (χ1n) is 7.67. The molecule has 0 aliphatic heterocycles. The fraction of sp³-hybridized carbons (Fsp3) is 0.350. The first-order valence-corrected chi connectivity index (χ1v) is 7.67. The normalized spacial score (nSPS) is 15.0. The maximum absolute atomic E-state index is 13.0. The maximum Gasteiger partial charge on any atom is 0.166 e. The van der Waals surface area contributed by atoms with Crippen molar-refractivity contribution in [1.82, 2.24) is 0 Å². The van der Waals surface area contributed by atoms with Gasteiger partial charge >= 0.3 is 0 Å². The van der Waals surface area contributed by atoms with Crippen LogP contribution in [0.1, 0.15) is 47.8 Å². The van der Waals surface area contributed by atoms with Gasteiger partial charge in [0.2, 0.25) is 0 Å². The minimum Gasteiger partial charge on any atom is -0.294 e. The Kier molecular flexibility index (Phi) is 3.44. The number of ketones is 1. The van der Waals surface area contributed by atoms with Crippen LogP contribution in [0.2, 0.25) is 0 Å². The molecular weight excluding hydrogens is 256 g/mol. The molecule has 108 valence electrons. The van der Waals surface area contributed by atoms with Crippen LogP contribution in [-0.4, -0.2) is 5.78 Å². The quantitative estimate of drug-likeness (QED) is 0.735. The standard InChI is InChI=1S/C20H22O/c1-20(2,3)18-11-7-6-10-17(18)19(21)16-12-14-8-4-5-9-15(14)13-16/h4-11,16H,12-13H2,1-3H3. The summed E-state index contributed by atoms with van der Waals surface area (Å²) < 4.78 is 0. The molecule has 1 aliphatic rings. The number of rotatable bonds is 2. The van der Waals surface area contributed by atoms with Gasteiger partial charge in [0.15, 0.2) is 5.78 Å². The third kappa shape index (κ3) is 2.65. The first kappa shape index (κ1) is 14.1. The second kappa shape index (κ2) is 5.14. The SMILES string of the molecule is CC(C)(C)c1ccccc1C(=O)C1Cc2ccccc2C1. The highest BCUT2D eigenvalue weighted by atomic mass is 16.1. The van der Waals surface area contributed by atoms with E-state index in [-0.39, 0.29) is 11.3 Å². The van der Waals surface area contributed by atoms with Crippen LogP contribution in [0.4, 0.5) is 0 Å². The van der Waals surface area contributed by atoms with Gasteiger partial charge in [-0.05, 0) is 34.9 Å². The van der Waals surface area contributed by atoms with E-state index in [0.717, 1.165) is 24.0 Å². The molecule has 0 atom stereocenters. The van der Waals surface area contributed by atoms with Gasteiger partial charge in [-0.2, -0.15) is 0 Å². The lowest BCUT2D eigenvalue weighted by Crippen LogP contribution is -2.22. The molecule has 0 amide bonds. The van der Waals surface area contributed by atoms with E-state index in [0.29, 0.717) is 5.78 Å². The average molecular weight is 278 g/mol. The summed E-state index contributed by atoms with van der Waals surface area (Å²) in [7, 11) is 0. The zero-order chi connectivity index (χ0) is 15.0. The van der Waals surface area contributed by atoms with Crippen LogP contribution >= 0.6 is 0 Å². The topological polar surface area (TPSA) is 17.1 Å². The monoisotopic (exact) mass is 278 g/mol. The Bertz CT molecular complexity index is 651. The highest BCUT2D eigenvalue weighted by Gasteiger charge is 2.30. The fourth-order valence-corrected chi connectivity index (χ4v) is 3.32. The van der Waals surface area contributed by atoms with Crippen LogP contribution < -0.4 is 0 Å². The summed E-state index contributed by atoms with van der Waals surface area (Å²) in [6, 6.07) is 16.5. The molecule has 2 aromatic carbocycles. The minimum absolute atomic E-state index is 0.00227. The zero-order valence-corrected chi connectivity index (χ0v) is 13.0. The summed E-state index contributed by atoms with van der Waals surface area (Å²) in [6.07, 6.45) is 1.76. The molecule has 0 saturated carbocycles. The van der Waals surface area contributed by atoms with Crippen molar-refractivity contribution in [3.8, 4) is 0 Å². The van der Waals surface area contributed by atoms with E-state index in [9.17, 15) is 4.79 Å². The van der Waals surface area contributed by atoms with E-state index in [4.69, 9.17) is 0 Å². The van der Waals surface area contributed by atoms with Gasteiger partial charge in [0, 0.05) is 11.5 Å². The molecule has 0 heterocycles. The highest BCUT2D eigenvalue weighted by Crippen LogP contribution is 2.32. The number of fused-ring (bicyclic) bond motifs is 1. The van der Waals surface area contributed by atoms with Gasteiger partial charge in [-0.3, -0.25) is 4.79 Å². The summed E-state index contributed by atoms with van der Waals surface area (Å²) >= 11 is 0. The van der Waals surface area contributed by atoms with Crippen molar-refractivity contribution >= 4 is 5.78 Å². The first-order chi connectivity index (χ1) is 9.97. The number of carbonyl (C=O) groups is 1. The minimum atomic E-state index is -0.00227. The van der Waals surface area contributed by atoms with Crippen molar-refractivity contribution in [2.24, 2.45) is 5.92 Å². The fourth-order valence-electron chi connectivity index (χ4n) is 3.32. The molecule has 1 heteroatoms. The zero-order valence-electron chi connectivity index (χ0n) is 13.0. The Morgan fingerprint density at radius 2 is 1.43 bits per heavy atom. The molecule has 0 spiro atoms. The Morgan fingerprint density at radius 3 is 2.00 bits per heavy atom. The lowest BCUT2D eigenvalue weighted by atomic mass is 9.80. The summed E-state index contributed by atoms with van der Waals surface area (Å²) in [6.45, 7) is 6.51. The smallest absolute Gasteiger partial charge is 0.166 e. The van der Waals surface area contributed by atoms with Crippen molar-refractivity contribution in [1.29, 1.82) is 0 Å². The second-order valence-electron chi connectivity index (χ2n) is 7.03.